The van der Waals surface area contributed by atoms with E-state index in [-0.39, 0.29) is 36.6 Å². The molecule has 2 aromatic rings. The van der Waals surface area contributed by atoms with Crippen LogP contribution in [0.25, 0.3) is 0 Å². The maximum absolute atomic E-state index is 12.9. The van der Waals surface area contributed by atoms with E-state index in [2.05, 4.69) is 5.32 Å². The van der Waals surface area contributed by atoms with Gasteiger partial charge in [-0.25, -0.2) is 4.39 Å². The number of anilines is 1. The highest BCUT2D eigenvalue weighted by Gasteiger charge is 2.25. The van der Waals surface area contributed by atoms with Crippen LogP contribution >= 0.6 is 0 Å². The molecule has 0 unspecified atom stereocenters. The second-order valence-corrected chi connectivity index (χ2v) is 7.24. The smallest absolute Gasteiger partial charge is 0.279 e. The Balaban J connectivity index is 1.40. The summed E-state index contributed by atoms with van der Waals surface area (Å²) in [7, 11) is 0. The Bertz CT molecular complexity index is 909. The first-order valence-corrected chi connectivity index (χ1v) is 9.81. The summed E-state index contributed by atoms with van der Waals surface area (Å²) in [6, 6.07) is 12.4. The molecule has 158 valence electrons. The number of quaternary nitrogens is 1. The van der Waals surface area contributed by atoms with Crippen molar-refractivity contribution >= 4 is 23.3 Å². The third-order valence-electron chi connectivity index (χ3n) is 4.96. The third-order valence-corrected chi connectivity index (χ3v) is 4.96. The number of benzene rings is 2. The lowest BCUT2D eigenvalue weighted by molar-refractivity contribution is -0.895. The highest BCUT2D eigenvalue weighted by atomic mass is 19.1. The van der Waals surface area contributed by atoms with Crippen molar-refractivity contribution in [1.29, 1.82) is 0 Å². The van der Waals surface area contributed by atoms with E-state index in [0.717, 1.165) is 4.90 Å². The molecular weight excluding hydrogens is 389 g/mol. The van der Waals surface area contributed by atoms with Crippen LogP contribution in [-0.4, -0.2) is 61.8 Å². The number of carbonyl (C=O) groups is 3. The molecule has 0 saturated carbocycles. The third kappa shape index (κ3) is 6.12. The Morgan fingerprint density at radius 1 is 1.10 bits per heavy atom. The van der Waals surface area contributed by atoms with Crippen LogP contribution in [0.15, 0.2) is 48.5 Å². The van der Waals surface area contributed by atoms with Crippen LogP contribution < -0.4 is 15.0 Å². The highest BCUT2D eigenvalue weighted by molar-refractivity contribution is 5.94. The maximum Gasteiger partial charge on any atom is 0.279 e. The van der Waals surface area contributed by atoms with Gasteiger partial charge in [0.15, 0.2) is 18.9 Å². The summed E-state index contributed by atoms with van der Waals surface area (Å²) in [5.41, 5.74) is 1.09. The molecule has 1 saturated heterocycles. The van der Waals surface area contributed by atoms with E-state index in [1.807, 2.05) is 0 Å². The fourth-order valence-electron chi connectivity index (χ4n) is 3.26. The van der Waals surface area contributed by atoms with Gasteiger partial charge in [-0.2, -0.15) is 0 Å². The van der Waals surface area contributed by atoms with Crippen LogP contribution in [-0.2, 0) is 9.59 Å². The molecule has 1 aliphatic heterocycles. The summed E-state index contributed by atoms with van der Waals surface area (Å²) in [6.45, 7) is 4.05. The minimum Gasteiger partial charge on any atom is -0.484 e. The minimum atomic E-state index is -0.352. The zero-order valence-electron chi connectivity index (χ0n) is 16.8. The predicted molar refractivity (Wildman–Crippen MR) is 109 cm³/mol. The molecule has 2 amide bonds. The van der Waals surface area contributed by atoms with Crippen LogP contribution in [0.3, 0.4) is 0 Å². The number of hydrogen-bond donors (Lipinski definition) is 2. The second-order valence-electron chi connectivity index (χ2n) is 7.24. The number of hydrogen-bond acceptors (Lipinski definition) is 4. The van der Waals surface area contributed by atoms with E-state index in [0.29, 0.717) is 43.2 Å². The SMILES string of the molecule is CC(=O)c1cccc(OCC(=O)N2CC[NH+](CC(=O)Nc3ccc(F)cc3)CC2)c1. The summed E-state index contributed by atoms with van der Waals surface area (Å²) in [6.07, 6.45) is 0. The topological polar surface area (TPSA) is 80.2 Å². The Kier molecular flexibility index (Phi) is 7.13. The number of rotatable bonds is 7. The molecule has 0 aromatic heterocycles. The number of carbonyl (C=O) groups excluding carboxylic acids is 3. The van der Waals surface area contributed by atoms with Crippen molar-refractivity contribution < 1.29 is 28.4 Å². The van der Waals surface area contributed by atoms with Gasteiger partial charge in [0.1, 0.15) is 11.6 Å². The van der Waals surface area contributed by atoms with Gasteiger partial charge in [0.05, 0.1) is 26.2 Å². The van der Waals surface area contributed by atoms with E-state index >= 15 is 0 Å². The van der Waals surface area contributed by atoms with Crippen LogP contribution in [0.5, 0.6) is 5.75 Å². The first-order chi connectivity index (χ1) is 14.4. The van der Waals surface area contributed by atoms with Crippen LogP contribution in [0.1, 0.15) is 17.3 Å². The number of piperazine rings is 1. The molecule has 0 atom stereocenters. The zero-order chi connectivity index (χ0) is 21.5. The first-order valence-electron chi connectivity index (χ1n) is 9.81. The molecule has 2 N–H and O–H groups in total. The van der Waals surface area contributed by atoms with Gasteiger partial charge in [0.2, 0.25) is 0 Å². The molecule has 1 aliphatic rings. The number of ketones is 1. The number of ether oxygens (including phenoxy) is 1. The first kappa shape index (κ1) is 21.4. The Labute approximate surface area is 174 Å². The monoisotopic (exact) mass is 414 g/mol. The van der Waals surface area contributed by atoms with E-state index < -0.39 is 0 Å². The lowest BCUT2D eigenvalue weighted by Crippen LogP contribution is -3.15. The molecule has 1 heterocycles. The van der Waals surface area contributed by atoms with Crippen molar-refractivity contribution in [3.8, 4) is 5.75 Å². The van der Waals surface area contributed by atoms with Gasteiger partial charge in [0.25, 0.3) is 11.8 Å². The number of nitrogens with zero attached hydrogens (tertiary/aromatic N) is 1. The van der Waals surface area contributed by atoms with Gasteiger partial charge in [0, 0.05) is 11.3 Å². The Morgan fingerprint density at radius 2 is 1.80 bits per heavy atom. The van der Waals surface area contributed by atoms with Crippen molar-refractivity contribution in [2.75, 3.05) is 44.6 Å². The van der Waals surface area contributed by atoms with Gasteiger partial charge in [-0.1, -0.05) is 12.1 Å². The summed E-state index contributed by atoms with van der Waals surface area (Å²) in [4.78, 5) is 38.8. The van der Waals surface area contributed by atoms with Gasteiger partial charge < -0.3 is 19.9 Å². The number of Topliss-reactive ketones (excluding diaryl/α,β-unsaturated/α-hetero) is 1. The van der Waals surface area contributed by atoms with Gasteiger partial charge in [-0.05, 0) is 43.3 Å². The van der Waals surface area contributed by atoms with E-state index in [1.54, 1.807) is 29.2 Å². The molecule has 3 rings (SSSR count). The molecule has 7 nitrogen and oxygen atoms in total. The molecule has 0 radical (unpaired) electrons. The largest absolute Gasteiger partial charge is 0.484 e. The Morgan fingerprint density at radius 3 is 2.47 bits per heavy atom. The summed E-state index contributed by atoms with van der Waals surface area (Å²) < 4.78 is 18.5. The summed E-state index contributed by atoms with van der Waals surface area (Å²) >= 11 is 0. The van der Waals surface area contributed by atoms with Crippen molar-refractivity contribution in [2.45, 2.75) is 6.92 Å². The predicted octanol–water partition coefficient (Wildman–Crippen LogP) is 0.773. The number of amides is 2. The van der Waals surface area contributed by atoms with Crippen LogP contribution in [0.4, 0.5) is 10.1 Å². The lowest BCUT2D eigenvalue weighted by Gasteiger charge is -2.31. The normalized spacial score (nSPS) is 14.3. The maximum atomic E-state index is 12.9. The second kappa shape index (κ2) is 9.98. The van der Waals surface area contributed by atoms with Gasteiger partial charge in [-0.3, -0.25) is 14.4 Å². The zero-order valence-corrected chi connectivity index (χ0v) is 16.8. The van der Waals surface area contributed by atoms with Crippen LogP contribution in [0.2, 0.25) is 0 Å². The number of halogens is 1. The van der Waals surface area contributed by atoms with Crippen molar-refractivity contribution in [2.24, 2.45) is 0 Å². The minimum absolute atomic E-state index is 0.0608. The fourth-order valence-corrected chi connectivity index (χ4v) is 3.26. The molecule has 0 bridgehead atoms. The van der Waals surface area contributed by atoms with Crippen LogP contribution in [0, 0.1) is 5.82 Å². The fraction of sp³-hybridized carbons (Fsp3) is 0.318. The van der Waals surface area contributed by atoms with Crippen molar-refractivity contribution in [1.82, 2.24) is 4.90 Å². The average Bonchev–Trinajstić information content (AvgIpc) is 2.74. The molecule has 0 aliphatic carbocycles. The van der Waals surface area contributed by atoms with E-state index in [9.17, 15) is 18.8 Å². The molecule has 2 aromatic carbocycles. The summed E-state index contributed by atoms with van der Waals surface area (Å²) in [5.74, 6) is -0.204. The van der Waals surface area contributed by atoms with Gasteiger partial charge >= 0.3 is 0 Å². The molecular formula is C22H25FN3O4+. The van der Waals surface area contributed by atoms with Crippen molar-refractivity contribution in [3.63, 3.8) is 0 Å². The quantitative estimate of drug-likeness (QED) is 0.656. The lowest BCUT2D eigenvalue weighted by atomic mass is 10.1. The number of nitrogens with one attached hydrogen (secondary N) is 2. The van der Waals surface area contributed by atoms with Crippen molar-refractivity contribution in [3.05, 3.63) is 59.9 Å². The summed E-state index contributed by atoms with van der Waals surface area (Å²) in [5, 5.41) is 2.75. The van der Waals surface area contributed by atoms with E-state index in [4.69, 9.17) is 4.74 Å². The molecule has 30 heavy (non-hydrogen) atoms. The average molecular weight is 414 g/mol. The highest BCUT2D eigenvalue weighted by Crippen LogP contribution is 2.14. The standard InChI is InChI=1S/C22H24FN3O4/c1-16(27)17-3-2-4-20(13-17)30-15-22(29)26-11-9-25(10-12-26)14-21(28)24-19-7-5-18(23)6-8-19/h2-8,13H,9-12,14-15H2,1H3,(H,24,28)/p+1. The van der Waals surface area contributed by atoms with E-state index in [1.165, 1.54) is 31.2 Å². The van der Waals surface area contributed by atoms with Gasteiger partial charge in [-0.15, -0.1) is 0 Å². The Hall–Kier alpha value is -3.26. The molecule has 1 fully saturated rings. The molecule has 0 spiro atoms. The molecule has 8 heteroatoms.